The third kappa shape index (κ3) is 11.3. The lowest BCUT2D eigenvalue weighted by Crippen LogP contribution is -2.44. The van der Waals surface area contributed by atoms with Crippen LogP contribution in [0.2, 0.25) is 0 Å². The molecule has 2 aromatic carbocycles. The Morgan fingerprint density at radius 1 is 0.603 bits per heavy atom. The van der Waals surface area contributed by atoms with Gasteiger partial charge in [0, 0.05) is 11.1 Å². The highest BCUT2D eigenvalue weighted by atomic mass is 19.1. The van der Waals surface area contributed by atoms with E-state index in [4.69, 9.17) is 37.9 Å². The molecule has 6 aliphatic rings. The van der Waals surface area contributed by atoms with Gasteiger partial charge in [-0.05, 0) is 101 Å². The average molecular weight is 943 g/mol. The van der Waals surface area contributed by atoms with Gasteiger partial charge >= 0.3 is 0 Å². The molecule has 364 valence electrons. The van der Waals surface area contributed by atoms with Gasteiger partial charge in [-0.3, -0.25) is 9.59 Å². The minimum Gasteiger partial charge on any atom is -0.376 e. The van der Waals surface area contributed by atoms with E-state index < -0.39 is 23.8 Å². The maximum Gasteiger partial charge on any atom is 0.256 e. The molecule has 6 aliphatic heterocycles. The molecule has 10 rings (SSSR count). The predicted molar refractivity (Wildman–Crippen MR) is 247 cm³/mol. The molecule has 16 nitrogen and oxygen atoms in total. The number of amides is 2. The SMILES string of the molecule is CC(C)O[C@H]1CC[C@H](C(=O)N2Cc3cc(F)cnc3Nc3ccc([C@@H]4COCCO4)cc32)OC1.CC(C)O[C@H]1CC[C@H](C(=O)N2Cc3cc(F)cnc3Nc3ccc([C@H]4COCCO4)cc32)OC1. The fourth-order valence-corrected chi connectivity index (χ4v) is 9.28. The molecule has 4 saturated heterocycles. The monoisotopic (exact) mass is 942 g/mol. The number of aromatic nitrogens is 2. The number of rotatable bonds is 8. The van der Waals surface area contributed by atoms with E-state index in [1.54, 1.807) is 9.80 Å². The third-order valence-corrected chi connectivity index (χ3v) is 12.5. The van der Waals surface area contributed by atoms with Crippen molar-refractivity contribution in [2.75, 3.05) is 73.3 Å². The second-order valence-electron chi connectivity index (χ2n) is 18.3. The molecule has 8 heterocycles. The molecule has 2 amide bonds. The quantitative estimate of drug-likeness (QED) is 0.176. The van der Waals surface area contributed by atoms with Gasteiger partial charge in [0.05, 0.1) is 126 Å². The number of nitrogens with one attached hydrogen (secondary N) is 2. The Balaban J connectivity index is 0.000000170. The molecule has 2 aromatic heterocycles. The molecule has 0 spiro atoms. The van der Waals surface area contributed by atoms with Crippen LogP contribution in [0.25, 0.3) is 0 Å². The summed E-state index contributed by atoms with van der Waals surface area (Å²) in [7, 11) is 0. The van der Waals surface area contributed by atoms with Gasteiger partial charge in [-0.25, -0.2) is 18.7 Å². The van der Waals surface area contributed by atoms with Gasteiger partial charge in [-0.1, -0.05) is 12.1 Å². The highest BCUT2D eigenvalue weighted by Crippen LogP contribution is 2.41. The van der Waals surface area contributed by atoms with Crippen LogP contribution < -0.4 is 20.4 Å². The highest BCUT2D eigenvalue weighted by Gasteiger charge is 2.37. The number of carbonyl (C=O) groups excluding carboxylic acids is 2. The van der Waals surface area contributed by atoms with Crippen molar-refractivity contribution in [1.82, 2.24) is 9.97 Å². The number of nitrogens with zero attached hydrogens (tertiary/aromatic N) is 4. The normalized spacial score (nSPS) is 24.7. The van der Waals surface area contributed by atoms with E-state index in [0.29, 0.717) is 111 Å². The number of benzene rings is 2. The van der Waals surface area contributed by atoms with Crippen molar-refractivity contribution >= 4 is 46.2 Å². The summed E-state index contributed by atoms with van der Waals surface area (Å²) in [4.78, 5) is 39.2. The molecule has 68 heavy (non-hydrogen) atoms. The molecule has 4 aromatic rings. The van der Waals surface area contributed by atoms with Gasteiger partial charge in [0.1, 0.15) is 47.7 Å². The first-order chi connectivity index (χ1) is 32.9. The van der Waals surface area contributed by atoms with Crippen molar-refractivity contribution in [2.24, 2.45) is 0 Å². The van der Waals surface area contributed by atoms with E-state index in [9.17, 15) is 18.4 Å². The van der Waals surface area contributed by atoms with E-state index in [0.717, 1.165) is 24.0 Å². The van der Waals surface area contributed by atoms with Gasteiger partial charge in [0.25, 0.3) is 11.8 Å². The van der Waals surface area contributed by atoms with E-state index in [1.165, 1.54) is 24.5 Å². The summed E-state index contributed by atoms with van der Waals surface area (Å²) in [6.45, 7) is 12.1. The molecular formula is C50H60F2N6O10. The number of pyridine rings is 2. The van der Waals surface area contributed by atoms with Crippen molar-refractivity contribution in [3.63, 3.8) is 0 Å². The average Bonchev–Trinajstić information content (AvgIpc) is 3.61. The Morgan fingerprint density at radius 2 is 1.04 bits per heavy atom. The Hall–Kier alpha value is -5.18. The second kappa shape index (κ2) is 21.6. The summed E-state index contributed by atoms with van der Waals surface area (Å²) in [5.41, 5.74) is 5.81. The van der Waals surface area contributed by atoms with Gasteiger partial charge in [0.2, 0.25) is 0 Å². The lowest BCUT2D eigenvalue weighted by molar-refractivity contribution is -0.144. The summed E-state index contributed by atoms with van der Waals surface area (Å²) in [6.07, 6.45) is 3.50. The minimum atomic E-state index is -0.596. The molecule has 4 fully saturated rings. The van der Waals surface area contributed by atoms with E-state index >= 15 is 0 Å². The Bertz CT molecular complexity index is 2240. The number of anilines is 6. The standard InChI is InChI=1S/2C25H30FN3O5/c2*1-15(2)34-19-4-6-22(33-13-19)25(30)29-12-17-9-18(26)11-27-24(17)28-20-5-3-16(10-21(20)29)23-14-31-7-8-32-23/h2*3,5,9-11,15,19,22-23H,4,6-8,12-14H2,1-2H3,(H,27,28)/t19-,22+,23+;19-,22+,23-/m00/s1. The van der Waals surface area contributed by atoms with Gasteiger partial charge in [-0.15, -0.1) is 0 Å². The lowest BCUT2D eigenvalue weighted by atomic mass is 10.0. The zero-order chi connectivity index (χ0) is 47.3. The molecule has 0 saturated carbocycles. The van der Waals surface area contributed by atoms with Crippen LogP contribution >= 0.6 is 0 Å². The van der Waals surface area contributed by atoms with E-state index in [1.807, 2.05) is 64.1 Å². The fourth-order valence-electron chi connectivity index (χ4n) is 9.28. The first kappa shape index (κ1) is 47.9. The Kier molecular flexibility index (Phi) is 15.2. The van der Waals surface area contributed by atoms with Crippen LogP contribution in [0, 0.1) is 11.6 Å². The zero-order valence-corrected chi connectivity index (χ0v) is 38.9. The number of fused-ring (bicyclic) bond motifs is 4. The molecule has 18 heteroatoms. The molecule has 2 N–H and O–H groups in total. The Morgan fingerprint density at radius 3 is 1.41 bits per heavy atom. The predicted octanol–water partition coefficient (Wildman–Crippen LogP) is 7.74. The smallest absolute Gasteiger partial charge is 0.256 e. The van der Waals surface area contributed by atoms with Crippen molar-refractivity contribution in [3.8, 4) is 0 Å². The van der Waals surface area contributed by atoms with Crippen molar-refractivity contribution in [3.05, 3.63) is 94.8 Å². The van der Waals surface area contributed by atoms with Crippen molar-refractivity contribution in [1.29, 1.82) is 0 Å². The minimum absolute atomic E-state index is 0.0174. The molecule has 0 radical (unpaired) electrons. The highest BCUT2D eigenvalue weighted by molar-refractivity contribution is 6.02. The number of hydrogen-bond acceptors (Lipinski definition) is 14. The summed E-state index contributed by atoms with van der Waals surface area (Å²) in [5.74, 6) is -0.178. The van der Waals surface area contributed by atoms with Crippen LogP contribution in [0.5, 0.6) is 0 Å². The first-order valence-corrected chi connectivity index (χ1v) is 23.6. The molecule has 6 atom stereocenters. The van der Waals surface area contributed by atoms with Gasteiger partial charge < -0.3 is 58.3 Å². The second-order valence-corrected chi connectivity index (χ2v) is 18.3. The summed E-state index contributed by atoms with van der Waals surface area (Å²) >= 11 is 0. The summed E-state index contributed by atoms with van der Waals surface area (Å²) in [5, 5.41) is 6.54. The van der Waals surface area contributed by atoms with Crippen LogP contribution in [0.3, 0.4) is 0 Å². The van der Waals surface area contributed by atoms with Crippen LogP contribution in [-0.4, -0.2) is 111 Å². The molecule has 0 bridgehead atoms. The largest absolute Gasteiger partial charge is 0.376 e. The summed E-state index contributed by atoms with van der Waals surface area (Å²) < 4.78 is 74.5. The number of hydrogen-bond donors (Lipinski definition) is 2. The zero-order valence-electron chi connectivity index (χ0n) is 38.9. The van der Waals surface area contributed by atoms with Gasteiger partial charge in [0.15, 0.2) is 0 Å². The summed E-state index contributed by atoms with van der Waals surface area (Å²) in [6, 6.07) is 14.4. The lowest BCUT2D eigenvalue weighted by Gasteiger charge is -2.33. The number of ether oxygens (including phenoxy) is 8. The fraction of sp³-hybridized carbons (Fsp3) is 0.520. The maximum atomic E-state index is 14.0. The number of halogens is 2. The third-order valence-electron chi connectivity index (χ3n) is 12.5. The van der Waals surface area contributed by atoms with Crippen LogP contribution in [0.15, 0.2) is 60.9 Å². The van der Waals surface area contributed by atoms with Crippen molar-refractivity contribution < 1.29 is 56.3 Å². The Labute approximate surface area is 394 Å². The van der Waals surface area contributed by atoms with Crippen LogP contribution in [0.1, 0.15) is 87.8 Å². The number of carbonyl (C=O) groups is 2. The van der Waals surface area contributed by atoms with Crippen molar-refractivity contribution in [2.45, 2.75) is 115 Å². The van der Waals surface area contributed by atoms with E-state index in [-0.39, 0.29) is 61.5 Å². The maximum absolute atomic E-state index is 14.0. The topological polar surface area (TPSA) is 164 Å². The van der Waals surface area contributed by atoms with Gasteiger partial charge in [-0.2, -0.15) is 0 Å². The van der Waals surface area contributed by atoms with E-state index in [2.05, 4.69) is 20.6 Å². The molecular weight excluding hydrogens is 883 g/mol. The molecule has 0 unspecified atom stereocenters. The first-order valence-electron chi connectivity index (χ1n) is 23.6. The van der Waals surface area contributed by atoms with Crippen LogP contribution in [-0.2, 0) is 60.6 Å². The van der Waals surface area contributed by atoms with Crippen LogP contribution in [0.4, 0.5) is 43.2 Å². The molecule has 0 aliphatic carbocycles.